The SMILES string of the molecule is CCCCCCC(C)CO[PH](=O)OCC(C)CCCCCC. The summed E-state index contributed by atoms with van der Waals surface area (Å²) in [5, 5.41) is 0. The van der Waals surface area contributed by atoms with Crippen molar-refractivity contribution in [3.63, 3.8) is 0 Å². The molecule has 0 heterocycles. The van der Waals surface area contributed by atoms with Crippen molar-refractivity contribution >= 4 is 8.25 Å². The summed E-state index contributed by atoms with van der Waals surface area (Å²) in [4.78, 5) is 0. The molecule has 0 amide bonds. The predicted octanol–water partition coefficient (Wildman–Crippen LogP) is 6.62. The van der Waals surface area contributed by atoms with Gasteiger partial charge in [0, 0.05) is 0 Å². The highest BCUT2D eigenvalue weighted by atomic mass is 31.1. The molecular weight excluding hydrogens is 295 g/mol. The van der Waals surface area contributed by atoms with E-state index in [-0.39, 0.29) is 0 Å². The maximum atomic E-state index is 11.7. The molecule has 0 saturated heterocycles. The number of hydrogen-bond donors (Lipinski definition) is 0. The van der Waals surface area contributed by atoms with Gasteiger partial charge in [-0.05, 0) is 24.7 Å². The second-order valence-corrected chi connectivity index (χ2v) is 7.86. The summed E-state index contributed by atoms with van der Waals surface area (Å²) in [6, 6.07) is 0. The van der Waals surface area contributed by atoms with Crippen molar-refractivity contribution in [1.29, 1.82) is 0 Å². The molecule has 0 aromatic rings. The molecular formula is C18H39O3P. The molecule has 0 aromatic heterocycles. The average molecular weight is 334 g/mol. The molecule has 2 atom stereocenters. The third-order valence-corrected chi connectivity index (χ3v) is 4.88. The minimum atomic E-state index is -2.30. The molecule has 2 unspecified atom stereocenters. The normalized spacial score (nSPS) is 15.6. The maximum absolute atomic E-state index is 11.7. The molecule has 4 heteroatoms. The second kappa shape index (κ2) is 16.0. The van der Waals surface area contributed by atoms with Crippen LogP contribution < -0.4 is 0 Å². The quantitative estimate of drug-likeness (QED) is 0.235. The van der Waals surface area contributed by atoms with E-state index in [1.807, 2.05) is 0 Å². The summed E-state index contributed by atoms with van der Waals surface area (Å²) in [6.45, 7) is 9.90. The van der Waals surface area contributed by atoms with Gasteiger partial charge in [0.2, 0.25) is 0 Å². The zero-order valence-electron chi connectivity index (χ0n) is 15.4. The van der Waals surface area contributed by atoms with Gasteiger partial charge in [0.05, 0.1) is 13.2 Å². The Morgan fingerprint density at radius 3 is 1.50 bits per heavy atom. The Morgan fingerprint density at radius 1 is 0.727 bits per heavy atom. The molecule has 0 aliphatic rings. The summed E-state index contributed by atoms with van der Waals surface area (Å²) < 4.78 is 22.5. The zero-order chi connectivity index (χ0) is 16.6. The zero-order valence-corrected chi connectivity index (χ0v) is 16.4. The van der Waals surface area contributed by atoms with Gasteiger partial charge in [-0.2, -0.15) is 0 Å². The summed E-state index contributed by atoms with van der Waals surface area (Å²) in [5.74, 6) is 0.946. The van der Waals surface area contributed by atoms with Crippen molar-refractivity contribution in [1.82, 2.24) is 0 Å². The van der Waals surface area contributed by atoms with Crippen LogP contribution in [0.15, 0.2) is 0 Å². The van der Waals surface area contributed by atoms with Crippen molar-refractivity contribution in [3.05, 3.63) is 0 Å². The Balaban J connectivity index is 3.51. The van der Waals surface area contributed by atoms with Crippen molar-refractivity contribution in [2.45, 2.75) is 91.9 Å². The topological polar surface area (TPSA) is 35.5 Å². The molecule has 0 saturated carbocycles. The standard InChI is InChI=1S/C18H39O3P/c1-5-7-9-11-13-17(3)15-20-22(19)21-16-18(4)14-12-10-8-6-2/h17-18,22H,5-16H2,1-4H3. The third-order valence-electron chi connectivity index (χ3n) is 4.07. The first-order chi connectivity index (χ1) is 10.6. The molecule has 0 aliphatic heterocycles. The number of hydrogen-bond acceptors (Lipinski definition) is 3. The van der Waals surface area contributed by atoms with Crippen LogP contribution in [0.5, 0.6) is 0 Å². The first-order valence-electron chi connectivity index (χ1n) is 9.39. The smallest absolute Gasteiger partial charge is 0.310 e. The monoisotopic (exact) mass is 334 g/mol. The van der Waals surface area contributed by atoms with Gasteiger partial charge >= 0.3 is 8.25 Å². The van der Waals surface area contributed by atoms with Crippen molar-refractivity contribution in [2.24, 2.45) is 11.8 Å². The van der Waals surface area contributed by atoms with Crippen molar-refractivity contribution < 1.29 is 13.6 Å². The van der Waals surface area contributed by atoms with Crippen LogP contribution in [-0.4, -0.2) is 13.2 Å². The van der Waals surface area contributed by atoms with Crippen LogP contribution in [0.4, 0.5) is 0 Å². The highest BCUT2D eigenvalue weighted by Crippen LogP contribution is 2.27. The summed E-state index contributed by atoms with van der Waals surface area (Å²) in [7, 11) is -2.30. The molecule has 0 fully saturated rings. The molecule has 0 N–H and O–H groups in total. The van der Waals surface area contributed by atoms with Gasteiger partial charge < -0.3 is 9.05 Å². The Kier molecular flexibility index (Phi) is 16.1. The van der Waals surface area contributed by atoms with Crippen LogP contribution in [-0.2, 0) is 13.6 Å². The van der Waals surface area contributed by atoms with Gasteiger partial charge in [-0.3, -0.25) is 4.57 Å². The lowest BCUT2D eigenvalue weighted by molar-refractivity contribution is 0.178. The molecule has 0 spiro atoms. The van der Waals surface area contributed by atoms with Gasteiger partial charge in [0.25, 0.3) is 0 Å². The number of unbranched alkanes of at least 4 members (excludes halogenated alkanes) is 6. The summed E-state index contributed by atoms with van der Waals surface area (Å²) >= 11 is 0. The Labute approximate surface area is 139 Å². The lowest BCUT2D eigenvalue weighted by atomic mass is 10.0. The molecule has 22 heavy (non-hydrogen) atoms. The molecule has 0 aliphatic carbocycles. The van der Waals surface area contributed by atoms with Gasteiger partial charge in [-0.1, -0.05) is 79.1 Å². The van der Waals surface area contributed by atoms with E-state index >= 15 is 0 Å². The lowest BCUT2D eigenvalue weighted by Gasteiger charge is -2.14. The van der Waals surface area contributed by atoms with Crippen LogP contribution in [0.1, 0.15) is 91.9 Å². The third kappa shape index (κ3) is 15.1. The van der Waals surface area contributed by atoms with E-state index in [0.717, 1.165) is 12.8 Å². The van der Waals surface area contributed by atoms with E-state index in [1.54, 1.807) is 0 Å². The average Bonchev–Trinajstić information content (AvgIpc) is 2.51. The highest BCUT2D eigenvalue weighted by molar-refractivity contribution is 7.33. The highest BCUT2D eigenvalue weighted by Gasteiger charge is 2.08. The molecule has 3 nitrogen and oxygen atoms in total. The van der Waals surface area contributed by atoms with Crippen LogP contribution in [0.3, 0.4) is 0 Å². The fraction of sp³-hybridized carbons (Fsp3) is 1.00. The van der Waals surface area contributed by atoms with E-state index in [0.29, 0.717) is 25.0 Å². The Hall–Kier alpha value is 0.150. The van der Waals surface area contributed by atoms with E-state index in [4.69, 9.17) is 9.05 Å². The molecule has 134 valence electrons. The first kappa shape index (κ1) is 22.1. The largest absolute Gasteiger partial charge is 0.319 e. The minimum Gasteiger partial charge on any atom is -0.310 e. The Morgan fingerprint density at radius 2 is 1.14 bits per heavy atom. The second-order valence-electron chi connectivity index (χ2n) is 6.78. The van der Waals surface area contributed by atoms with Crippen molar-refractivity contribution in [3.8, 4) is 0 Å². The van der Waals surface area contributed by atoms with Crippen LogP contribution in [0.25, 0.3) is 0 Å². The first-order valence-corrected chi connectivity index (χ1v) is 10.6. The molecule has 0 bridgehead atoms. The fourth-order valence-corrected chi connectivity index (χ4v) is 3.39. The maximum Gasteiger partial charge on any atom is 0.319 e. The minimum absolute atomic E-state index is 0.473. The lowest BCUT2D eigenvalue weighted by Crippen LogP contribution is -2.05. The van der Waals surface area contributed by atoms with E-state index in [2.05, 4.69) is 27.7 Å². The van der Waals surface area contributed by atoms with E-state index < -0.39 is 8.25 Å². The van der Waals surface area contributed by atoms with Crippen LogP contribution in [0.2, 0.25) is 0 Å². The van der Waals surface area contributed by atoms with Crippen molar-refractivity contribution in [2.75, 3.05) is 13.2 Å². The summed E-state index contributed by atoms with van der Waals surface area (Å²) in [6.07, 6.45) is 12.5. The molecule has 0 aromatic carbocycles. The van der Waals surface area contributed by atoms with Gasteiger partial charge in [0.1, 0.15) is 0 Å². The van der Waals surface area contributed by atoms with Crippen LogP contribution in [0, 0.1) is 11.8 Å². The molecule has 0 rings (SSSR count). The fourth-order valence-electron chi connectivity index (χ4n) is 2.47. The van der Waals surface area contributed by atoms with Crippen LogP contribution >= 0.6 is 8.25 Å². The summed E-state index contributed by atoms with van der Waals surface area (Å²) in [5.41, 5.74) is 0. The van der Waals surface area contributed by atoms with E-state index in [1.165, 1.54) is 51.4 Å². The number of rotatable bonds is 16. The van der Waals surface area contributed by atoms with Gasteiger partial charge in [0.15, 0.2) is 0 Å². The Bertz CT molecular complexity index is 235. The predicted molar refractivity (Wildman–Crippen MR) is 96.8 cm³/mol. The van der Waals surface area contributed by atoms with Gasteiger partial charge in [-0.25, -0.2) is 0 Å². The van der Waals surface area contributed by atoms with Gasteiger partial charge in [-0.15, -0.1) is 0 Å². The molecule has 0 radical (unpaired) electrons. The van der Waals surface area contributed by atoms with E-state index in [9.17, 15) is 4.57 Å².